The van der Waals surface area contributed by atoms with Crippen molar-refractivity contribution in [3.05, 3.63) is 10.6 Å². The highest BCUT2D eigenvalue weighted by Crippen LogP contribution is 2.22. The van der Waals surface area contributed by atoms with Gasteiger partial charge in [-0.1, -0.05) is 0 Å². The van der Waals surface area contributed by atoms with Crippen LogP contribution in [0, 0.1) is 6.92 Å². The number of amides is 1. The number of carboxylic acids is 1. The molecule has 17 heavy (non-hydrogen) atoms. The van der Waals surface area contributed by atoms with Gasteiger partial charge < -0.3 is 15.3 Å². The summed E-state index contributed by atoms with van der Waals surface area (Å²) >= 11 is 1.23. The second-order valence-corrected chi connectivity index (χ2v) is 5.03. The summed E-state index contributed by atoms with van der Waals surface area (Å²) in [5.41, 5.74) is 0.0296. The molecule has 1 aromatic heterocycles. The van der Waals surface area contributed by atoms with Gasteiger partial charge in [0.25, 0.3) is 0 Å². The standard InChI is InChI=1S/C10H15N3O3S/c1-5(8(14)13(3)4)11-10-12-7(9(15)16)6(2)17-10/h5H,1-4H3,(H,11,12)(H,15,16). The maximum absolute atomic E-state index is 11.6. The molecule has 2 N–H and O–H groups in total. The van der Waals surface area contributed by atoms with E-state index in [0.29, 0.717) is 10.0 Å². The van der Waals surface area contributed by atoms with Crippen molar-refractivity contribution in [2.75, 3.05) is 19.4 Å². The van der Waals surface area contributed by atoms with Gasteiger partial charge in [-0.15, -0.1) is 11.3 Å². The molecular formula is C10H15N3O3S. The van der Waals surface area contributed by atoms with E-state index in [-0.39, 0.29) is 11.6 Å². The van der Waals surface area contributed by atoms with Gasteiger partial charge in [0, 0.05) is 19.0 Å². The highest BCUT2D eigenvalue weighted by molar-refractivity contribution is 7.15. The molecule has 0 aliphatic carbocycles. The minimum atomic E-state index is -1.06. The summed E-state index contributed by atoms with van der Waals surface area (Å²) in [6.45, 7) is 3.39. The fourth-order valence-corrected chi connectivity index (χ4v) is 2.18. The minimum absolute atomic E-state index is 0.0296. The van der Waals surface area contributed by atoms with E-state index in [1.54, 1.807) is 27.9 Å². The number of aryl methyl sites for hydroxylation is 1. The highest BCUT2D eigenvalue weighted by Gasteiger charge is 2.19. The van der Waals surface area contributed by atoms with E-state index in [1.807, 2.05) is 0 Å². The van der Waals surface area contributed by atoms with Crippen molar-refractivity contribution in [3.63, 3.8) is 0 Å². The van der Waals surface area contributed by atoms with E-state index < -0.39 is 12.0 Å². The molecule has 1 aromatic rings. The largest absolute Gasteiger partial charge is 0.476 e. The van der Waals surface area contributed by atoms with E-state index in [0.717, 1.165) is 0 Å². The highest BCUT2D eigenvalue weighted by atomic mass is 32.1. The number of aromatic carboxylic acids is 1. The molecule has 6 nitrogen and oxygen atoms in total. The number of hydrogen-bond donors (Lipinski definition) is 2. The molecule has 1 heterocycles. The molecule has 0 bridgehead atoms. The van der Waals surface area contributed by atoms with Crippen LogP contribution < -0.4 is 5.32 Å². The van der Waals surface area contributed by atoms with Gasteiger partial charge in [-0.2, -0.15) is 0 Å². The van der Waals surface area contributed by atoms with Crippen molar-refractivity contribution < 1.29 is 14.7 Å². The number of carboxylic acid groups (broad SMARTS) is 1. The SMILES string of the molecule is Cc1sc(NC(C)C(=O)N(C)C)nc1C(=O)O. The van der Waals surface area contributed by atoms with E-state index in [1.165, 1.54) is 16.2 Å². The molecule has 0 radical (unpaired) electrons. The molecule has 0 aliphatic rings. The first-order valence-corrected chi connectivity index (χ1v) is 5.83. The number of anilines is 1. The van der Waals surface area contributed by atoms with Crippen molar-refractivity contribution in [3.8, 4) is 0 Å². The molecule has 0 saturated heterocycles. The van der Waals surface area contributed by atoms with Crippen LogP contribution >= 0.6 is 11.3 Å². The number of rotatable bonds is 4. The Hall–Kier alpha value is -1.63. The van der Waals surface area contributed by atoms with E-state index in [4.69, 9.17) is 5.11 Å². The van der Waals surface area contributed by atoms with Gasteiger partial charge in [0.05, 0.1) is 0 Å². The van der Waals surface area contributed by atoms with E-state index in [9.17, 15) is 9.59 Å². The Labute approximate surface area is 103 Å². The number of likely N-dealkylation sites (N-methyl/N-ethyl adjacent to an activating group) is 1. The summed E-state index contributed by atoms with van der Waals surface area (Å²) in [6.07, 6.45) is 0. The van der Waals surface area contributed by atoms with Crippen LogP contribution in [0.1, 0.15) is 22.3 Å². The Morgan fingerprint density at radius 1 is 1.47 bits per heavy atom. The smallest absolute Gasteiger partial charge is 0.355 e. The van der Waals surface area contributed by atoms with Crippen LogP contribution in [-0.4, -0.2) is 47.0 Å². The molecule has 1 unspecified atom stereocenters. The molecule has 0 spiro atoms. The van der Waals surface area contributed by atoms with Gasteiger partial charge in [-0.05, 0) is 13.8 Å². The van der Waals surface area contributed by atoms with E-state index >= 15 is 0 Å². The number of carbonyl (C=O) groups is 2. The molecule has 1 atom stereocenters. The first-order chi connectivity index (χ1) is 7.82. The Balaban J connectivity index is 2.79. The predicted octanol–water partition coefficient (Wildman–Crippen LogP) is 1.04. The number of nitrogens with one attached hydrogen (secondary N) is 1. The second kappa shape index (κ2) is 5.13. The molecule has 0 saturated carbocycles. The van der Waals surface area contributed by atoms with Gasteiger partial charge >= 0.3 is 5.97 Å². The summed E-state index contributed by atoms with van der Waals surface area (Å²) in [4.78, 5) is 28.4. The zero-order valence-electron chi connectivity index (χ0n) is 10.1. The first-order valence-electron chi connectivity index (χ1n) is 5.01. The minimum Gasteiger partial charge on any atom is -0.476 e. The fourth-order valence-electron chi connectivity index (χ4n) is 1.29. The van der Waals surface area contributed by atoms with Crippen molar-refractivity contribution in [1.82, 2.24) is 9.88 Å². The second-order valence-electron chi connectivity index (χ2n) is 3.83. The summed E-state index contributed by atoms with van der Waals surface area (Å²) < 4.78 is 0. The van der Waals surface area contributed by atoms with Crippen LogP contribution in [-0.2, 0) is 4.79 Å². The van der Waals surface area contributed by atoms with Crippen LogP contribution in [0.2, 0.25) is 0 Å². The maximum Gasteiger partial charge on any atom is 0.355 e. The van der Waals surface area contributed by atoms with Crippen LogP contribution in [0.5, 0.6) is 0 Å². The number of nitrogens with zero attached hydrogens (tertiary/aromatic N) is 2. The lowest BCUT2D eigenvalue weighted by Crippen LogP contribution is -2.36. The Bertz CT molecular complexity index is 442. The summed E-state index contributed by atoms with van der Waals surface area (Å²) in [7, 11) is 3.33. The van der Waals surface area contributed by atoms with Crippen LogP contribution in [0.3, 0.4) is 0 Å². The molecule has 7 heteroatoms. The monoisotopic (exact) mass is 257 g/mol. The lowest BCUT2D eigenvalue weighted by atomic mass is 10.3. The summed E-state index contributed by atoms with van der Waals surface area (Å²) in [6, 6.07) is -0.433. The molecule has 94 valence electrons. The van der Waals surface area contributed by atoms with Crippen molar-refractivity contribution >= 4 is 28.3 Å². The Kier molecular flexibility index (Phi) is 4.06. The van der Waals surface area contributed by atoms with Crippen LogP contribution in [0.25, 0.3) is 0 Å². The van der Waals surface area contributed by atoms with Crippen molar-refractivity contribution in [2.24, 2.45) is 0 Å². The molecule has 0 aliphatic heterocycles. The maximum atomic E-state index is 11.6. The molecule has 0 fully saturated rings. The molecular weight excluding hydrogens is 242 g/mol. The third-order valence-electron chi connectivity index (χ3n) is 2.15. The third kappa shape index (κ3) is 3.16. The van der Waals surface area contributed by atoms with Gasteiger partial charge in [0.2, 0.25) is 5.91 Å². The topological polar surface area (TPSA) is 82.5 Å². The average Bonchev–Trinajstić information content (AvgIpc) is 2.58. The number of carbonyl (C=O) groups excluding carboxylic acids is 1. The van der Waals surface area contributed by atoms with Crippen molar-refractivity contribution in [2.45, 2.75) is 19.9 Å². The fraction of sp³-hybridized carbons (Fsp3) is 0.500. The number of aromatic nitrogens is 1. The van der Waals surface area contributed by atoms with Gasteiger partial charge in [-0.3, -0.25) is 4.79 Å². The van der Waals surface area contributed by atoms with Crippen LogP contribution in [0.4, 0.5) is 5.13 Å². The quantitative estimate of drug-likeness (QED) is 0.842. The third-order valence-corrected chi connectivity index (χ3v) is 3.05. The Morgan fingerprint density at radius 3 is 2.47 bits per heavy atom. The summed E-state index contributed by atoms with van der Waals surface area (Å²) in [5, 5.41) is 12.2. The molecule has 0 aromatic carbocycles. The van der Waals surface area contributed by atoms with Gasteiger partial charge in [0.15, 0.2) is 10.8 Å². The zero-order chi connectivity index (χ0) is 13.2. The zero-order valence-corrected chi connectivity index (χ0v) is 11.0. The van der Waals surface area contributed by atoms with Gasteiger partial charge in [-0.25, -0.2) is 9.78 Å². The van der Waals surface area contributed by atoms with Crippen LogP contribution in [0.15, 0.2) is 0 Å². The summed E-state index contributed by atoms with van der Waals surface area (Å²) in [5.74, 6) is -1.15. The average molecular weight is 257 g/mol. The lowest BCUT2D eigenvalue weighted by Gasteiger charge is -2.17. The molecule has 1 amide bonds. The lowest BCUT2D eigenvalue weighted by molar-refractivity contribution is -0.129. The van der Waals surface area contributed by atoms with E-state index in [2.05, 4.69) is 10.3 Å². The number of hydrogen-bond acceptors (Lipinski definition) is 5. The van der Waals surface area contributed by atoms with Crippen molar-refractivity contribution in [1.29, 1.82) is 0 Å². The predicted molar refractivity (Wildman–Crippen MR) is 65.6 cm³/mol. The number of thiazole rings is 1. The van der Waals surface area contributed by atoms with Gasteiger partial charge in [0.1, 0.15) is 6.04 Å². The normalized spacial score (nSPS) is 12.0. The molecule has 1 rings (SSSR count). The first kappa shape index (κ1) is 13.4. The Morgan fingerprint density at radius 2 is 2.06 bits per heavy atom.